The fourth-order valence-electron chi connectivity index (χ4n) is 1.24. The maximum Gasteiger partial charge on any atom is 0.321 e. The van der Waals surface area contributed by atoms with E-state index in [0.29, 0.717) is 17.8 Å². The highest BCUT2D eigenvalue weighted by Gasteiger charge is 2.12. The molecule has 78 valence electrons. The van der Waals surface area contributed by atoms with Crippen LogP contribution in [0.2, 0.25) is 0 Å². The Morgan fingerprint density at radius 1 is 1.53 bits per heavy atom. The smallest absolute Gasteiger partial charge is 0.321 e. The van der Waals surface area contributed by atoms with Gasteiger partial charge in [-0.25, -0.2) is 4.79 Å². The second-order valence-corrected chi connectivity index (χ2v) is 3.02. The summed E-state index contributed by atoms with van der Waals surface area (Å²) < 4.78 is 0. The highest BCUT2D eigenvalue weighted by atomic mass is 16.2. The largest absolute Gasteiger partial charge is 0.338 e. The molecule has 0 aliphatic carbocycles. The Morgan fingerprint density at radius 2 is 2.20 bits per heavy atom. The Bertz CT molecular complexity index is 395. The maximum atomic E-state index is 11.5. The van der Waals surface area contributed by atoms with E-state index >= 15 is 0 Å². The van der Waals surface area contributed by atoms with E-state index in [1.54, 1.807) is 31.3 Å². The van der Waals surface area contributed by atoms with Crippen molar-refractivity contribution in [1.82, 2.24) is 5.32 Å². The summed E-state index contributed by atoms with van der Waals surface area (Å²) in [6.45, 7) is 2.42. The van der Waals surface area contributed by atoms with Gasteiger partial charge in [-0.2, -0.15) is 5.26 Å². The molecule has 1 rings (SSSR count). The van der Waals surface area contributed by atoms with Crippen molar-refractivity contribution in [3.05, 3.63) is 29.8 Å². The highest BCUT2D eigenvalue weighted by Crippen LogP contribution is 2.17. The molecule has 0 unspecified atom stereocenters. The van der Waals surface area contributed by atoms with Gasteiger partial charge in [0.25, 0.3) is 0 Å². The lowest BCUT2D eigenvalue weighted by atomic mass is 10.2. The number of para-hydroxylation sites is 1. The van der Waals surface area contributed by atoms with Crippen LogP contribution in [0.1, 0.15) is 12.5 Å². The average molecular weight is 203 g/mol. The molecule has 0 saturated carbocycles. The predicted molar refractivity (Wildman–Crippen MR) is 58.6 cm³/mol. The first-order valence-electron chi connectivity index (χ1n) is 4.71. The van der Waals surface area contributed by atoms with Crippen molar-refractivity contribution in [2.75, 3.05) is 18.5 Å². The number of hydrogen-bond acceptors (Lipinski definition) is 2. The Hall–Kier alpha value is -2.02. The number of nitrogens with zero attached hydrogens (tertiary/aromatic N) is 2. The van der Waals surface area contributed by atoms with Crippen LogP contribution in [0.25, 0.3) is 0 Å². The van der Waals surface area contributed by atoms with Crippen molar-refractivity contribution in [2.45, 2.75) is 6.92 Å². The average Bonchev–Trinajstić information content (AvgIpc) is 2.28. The van der Waals surface area contributed by atoms with Crippen molar-refractivity contribution < 1.29 is 4.79 Å². The van der Waals surface area contributed by atoms with Crippen LogP contribution in [0.15, 0.2) is 24.3 Å². The summed E-state index contributed by atoms with van der Waals surface area (Å²) in [4.78, 5) is 12.9. The molecule has 0 aliphatic rings. The van der Waals surface area contributed by atoms with Crippen molar-refractivity contribution in [1.29, 1.82) is 5.26 Å². The van der Waals surface area contributed by atoms with Crippen molar-refractivity contribution in [3.63, 3.8) is 0 Å². The Balaban J connectivity index is 2.96. The van der Waals surface area contributed by atoms with Gasteiger partial charge >= 0.3 is 6.03 Å². The maximum absolute atomic E-state index is 11.5. The lowest BCUT2D eigenvalue weighted by molar-refractivity contribution is 0.248. The lowest BCUT2D eigenvalue weighted by Gasteiger charge is -2.18. The number of nitriles is 1. The second kappa shape index (κ2) is 5.01. The number of nitrogens with one attached hydrogen (secondary N) is 1. The monoisotopic (exact) mass is 203 g/mol. The summed E-state index contributed by atoms with van der Waals surface area (Å²) >= 11 is 0. The minimum absolute atomic E-state index is 0.208. The van der Waals surface area contributed by atoms with E-state index in [4.69, 9.17) is 5.26 Å². The van der Waals surface area contributed by atoms with E-state index in [2.05, 4.69) is 11.4 Å². The molecule has 4 heteroatoms. The Morgan fingerprint density at radius 3 is 2.80 bits per heavy atom. The summed E-state index contributed by atoms with van der Waals surface area (Å²) in [6, 6.07) is 8.84. The molecular formula is C11H13N3O. The van der Waals surface area contributed by atoms with Crippen LogP contribution in [0, 0.1) is 11.3 Å². The molecule has 0 saturated heterocycles. The third kappa shape index (κ3) is 2.47. The third-order valence-electron chi connectivity index (χ3n) is 2.02. The molecule has 2 amide bonds. The first-order chi connectivity index (χ1) is 7.20. The first-order valence-corrected chi connectivity index (χ1v) is 4.71. The zero-order valence-corrected chi connectivity index (χ0v) is 8.82. The Kier molecular flexibility index (Phi) is 3.69. The van der Waals surface area contributed by atoms with Gasteiger partial charge in [-0.1, -0.05) is 12.1 Å². The van der Waals surface area contributed by atoms with Crippen LogP contribution >= 0.6 is 0 Å². The number of anilines is 1. The number of amides is 2. The molecule has 0 bridgehead atoms. The minimum atomic E-state index is -0.208. The van der Waals surface area contributed by atoms with Gasteiger partial charge in [-0.3, -0.25) is 4.90 Å². The zero-order chi connectivity index (χ0) is 11.3. The summed E-state index contributed by atoms with van der Waals surface area (Å²) in [5, 5.41) is 11.5. The van der Waals surface area contributed by atoms with Crippen molar-refractivity contribution >= 4 is 11.7 Å². The summed E-state index contributed by atoms with van der Waals surface area (Å²) in [6.07, 6.45) is 0. The number of carbonyl (C=O) groups is 1. The third-order valence-corrected chi connectivity index (χ3v) is 2.02. The highest BCUT2D eigenvalue weighted by molar-refractivity contribution is 5.92. The van der Waals surface area contributed by atoms with Gasteiger partial charge < -0.3 is 5.32 Å². The topological polar surface area (TPSA) is 56.1 Å². The number of urea groups is 1. The van der Waals surface area contributed by atoms with Crippen LogP contribution in [0.4, 0.5) is 10.5 Å². The first kappa shape index (κ1) is 11.1. The van der Waals surface area contributed by atoms with E-state index in [9.17, 15) is 4.79 Å². The fourth-order valence-corrected chi connectivity index (χ4v) is 1.24. The molecule has 15 heavy (non-hydrogen) atoms. The van der Waals surface area contributed by atoms with Crippen LogP contribution in [-0.2, 0) is 0 Å². The number of carbonyl (C=O) groups excluding carboxylic acids is 1. The molecule has 0 aliphatic heterocycles. The standard InChI is InChI=1S/C11H13N3O/c1-3-13-11(15)14(2)10-7-5-4-6-9(10)8-12/h4-7H,3H2,1-2H3,(H,13,15). The summed E-state index contributed by atoms with van der Waals surface area (Å²) in [5.41, 5.74) is 1.11. The van der Waals surface area contributed by atoms with E-state index in [1.165, 1.54) is 4.90 Å². The van der Waals surface area contributed by atoms with Gasteiger partial charge in [0.15, 0.2) is 0 Å². The molecule has 0 atom stereocenters. The molecular weight excluding hydrogens is 190 g/mol. The van der Waals surface area contributed by atoms with Gasteiger partial charge in [-0.15, -0.1) is 0 Å². The van der Waals surface area contributed by atoms with E-state index < -0.39 is 0 Å². The number of benzene rings is 1. The van der Waals surface area contributed by atoms with Gasteiger partial charge in [0.1, 0.15) is 6.07 Å². The molecule has 0 heterocycles. The minimum Gasteiger partial charge on any atom is -0.338 e. The molecule has 0 radical (unpaired) electrons. The van der Waals surface area contributed by atoms with E-state index in [0.717, 1.165) is 0 Å². The van der Waals surface area contributed by atoms with Gasteiger partial charge in [0, 0.05) is 13.6 Å². The normalized spacial score (nSPS) is 9.13. The quantitative estimate of drug-likeness (QED) is 0.795. The van der Waals surface area contributed by atoms with Crippen LogP contribution < -0.4 is 10.2 Å². The van der Waals surface area contributed by atoms with Crippen molar-refractivity contribution in [3.8, 4) is 6.07 Å². The van der Waals surface area contributed by atoms with Crippen molar-refractivity contribution in [2.24, 2.45) is 0 Å². The predicted octanol–water partition coefficient (Wildman–Crippen LogP) is 1.72. The van der Waals surface area contributed by atoms with Crippen LogP contribution in [0.3, 0.4) is 0 Å². The van der Waals surface area contributed by atoms with Gasteiger partial charge in [-0.05, 0) is 19.1 Å². The molecule has 0 aromatic heterocycles. The molecule has 4 nitrogen and oxygen atoms in total. The van der Waals surface area contributed by atoms with Crippen LogP contribution in [0.5, 0.6) is 0 Å². The van der Waals surface area contributed by atoms with E-state index in [-0.39, 0.29) is 6.03 Å². The SMILES string of the molecule is CCNC(=O)N(C)c1ccccc1C#N. The summed E-state index contributed by atoms with van der Waals surface area (Å²) in [7, 11) is 1.64. The van der Waals surface area contributed by atoms with Gasteiger partial charge in [0.2, 0.25) is 0 Å². The zero-order valence-electron chi connectivity index (χ0n) is 8.82. The number of rotatable bonds is 2. The molecule has 0 spiro atoms. The van der Waals surface area contributed by atoms with E-state index in [1.807, 2.05) is 6.92 Å². The number of hydrogen-bond donors (Lipinski definition) is 1. The molecule has 0 fully saturated rings. The van der Waals surface area contributed by atoms with Crippen LogP contribution in [-0.4, -0.2) is 19.6 Å². The second-order valence-electron chi connectivity index (χ2n) is 3.02. The molecule has 1 N–H and O–H groups in total. The van der Waals surface area contributed by atoms with Gasteiger partial charge in [0.05, 0.1) is 11.3 Å². The fraction of sp³-hybridized carbons (Fsp3) is 0.273. The molecule has 1 aromatic rings. The summed E-state index contributed by atoms with van der Waals surface area (Å²) in [5.74, 6) is 0. The lowest BCUT2D eigenvalue weighted by Crippen LogP contribution is -2.37. The molecule has 1 aromatic carbocycles. The Labute approximate surface area is 89.1 Å².